The lowest BCUT2D eigenvalue weighted by Crippen LogP contribution is -2.59. The fraction of sp³-hybridized carbons (Fsp3) is 1.00. The van der Waals surface area contributed by atoms with Crippen LogP contribution < -0.4 is 0 Å². The van der Waals surface area contributed by atoms with Gasteiger partial charge in [-0.2, -0.15) is 0 Å². The summed E-state index contributed by atoms with van der Waals surface area (Å²) in [5.74, 6) is 2.80. The van der Waals surface area contributed by atoms with Crippen molar-refractivity contribution >= 4 is 11.8 Å². The van der Waals surface area contributed by atoms with E-state index in [1.54, 1.807) is 0 Å². The number of likely N-dealkylation sites (tertiary alicyclic amines) is 1. The number of thioether (sulfide) groups is 1. The molecule has 0 amide bonds. The van der Waals surface area contributed by atoms with Crippen molar-refractivity contribution in [2.24, 2.45) is 11.8 Å². The van der Waals surface area contributed by atoms with Gasteiger partial charge in [0.1, 0.15) is 0 Å². The second-order valence-corrected chi connectivity index (χ2v) is 9.42. The molecule has 0 aromatic carbocycles. The first-order valence-corrected chi connectivity index (χ1v) is 10.4. The van der Waals surface area contributed by atoms with Gasteiger partial charge in [0.2, 0.25) is 0 Å². The maximum absolute atomic E-state index is 6.25. The molecule has 0 unspecified atom stereocenters. The Kier molecular flexibility index (Phi) is 5.51. The molecule has 4 saturated heterocycles. The van der Waals surface area contributed by atoms with Crippen LogP contribution in [-0.2, 0) is 14.2 Å². The van der Waals surface area contributed by atoms with Crippen molar-refractivity contribution in [3.8, 4) is 0 Å². The average molecular weight is 342 g/mol. The highest BCUT2D eigenvalue weighted by molar-refractivity contribution is 8.01. The number of rotatable bonds is 5. The van der Waals surface area contributed by atoms with Crippen LogP contribution in [0.2, 0.25) is 0 Å². The van der Waals surface area contributed by atoms with E-state index in [0.29, 0.717) is 10.9 Å². The predicted octanol–water partition coefficient (Wildman–Crippen LogP) is 2.42. The van der Waals surface area contributed by atoms with Gasteiger partial charge in [0.15, 0.2) is 0 Å². The number of hydrogen-bond donors (Lipinski definition) is 0. The summed E-state index contributed by atoms with van der Waals surface area (Å²) in [7, 11) is 0. The van der Waals surface area contributed by atoms with Crippen molar-refractivity contribution in [1.29, 1.82) is 0 Å². The molecule has 0 saturated carbocycles. The quantitative estimate of drug-likeness (QED) is 0.766. The van der Waals surface area contributed by atoms with Gasteiger partial charge < -0.3 is 19.1 Å². The molecule has 4 aliphatic heterocycles. The minimum Gasteiger partial charge on any atom is -0.381 e. The molecule has 0 bridgehead atoms. The van der Waals surface area contributed by atoms with Gasteiger partial charge in [-0.15, -0.1) is 11.8 Å². The highest BCUT2D eigenvalue weighted by atomic mass is 32.2. The van der Waals surface area contributed by atoms with Crippen LogP contribution >= 0.6 is 11.8 Å². The van der Waals surface area contributed by atoms with E-state index in [0.717, 1.165) is 44.9 Å². The summed E-state index contributed by atoms with van der Waals surface area (Å²) in [4.78, 5) is 2.67. The van der Waals surface area contributed by atoms with E-state index in [2.05, 4.69) is 16.7 Å². The molecule has 0 N–H and O–H groups in total. The van der Waals surface area contributed by atoms with Crippen LogP contribution in [0.25, 0.3) is 0 Å². The van der Waals surface area contributed by atoms with Crippen molar-refractivity contribution in [2.75, 3.05) is 58.4 Å². The Bertz CT molecular complexity index is 376. The monoisotopic (exact) mass is 341 g/mol. The Labute approximate surface area is 144 Å². The Balaban J connectivity index is 1.15. The summed E-state index contributed by atoms with van der Waals surface area (Å²) in [6.07, 6.45) is 6.65. The Morgan fingerprint density at radius 1 is 0.957 bits per heavy atom. The van der Waals surface area contributed by atoms with Gasteiger partial charge in [-0.25, -0.2) is 0 Å². The first-order chi connectivity index (χ1) is 11.3. The summed E-state index contributed by atoms with van der Waals surface area (Å²) in [6, 6.07) is 0. The molecule has 23 heavy (non-hydrogen) atoms. The van der Waals surface area contributed by atoms with E-state index < -0.39 is 0 Å². The third-order valence-corrected chi connectivity index (χ3v) is 7.54. The fourth-order valence-corrected chi connectivity index (χ4v) is 6.11. The van der Waals surface area contributed by atoms with Gasteiger partial charge in [0.25, 0.3) is 0 Å². The molecule has 4 nitrogen and oxygen atoms in total. The highest BCUT2D eigenvalue weighted by Gasteiger charge is 2.49. The van der Waals surface area contributed by atoms with Crippen LogP contribution in [0.4, 0.5) is 0 Å². The van der Waals surface area contributed by atoms with E-state index >= 15 is 0 Å². The third kappa shape index (κ3) is 4.24. The second kappa shape index (κ2) is 7.61. The minimum atomic E-state index is 0.494. The zero-order valence-corrected chi connectivity index (χ0v) is 15.0. The Hall–Kier alpha value is 0.190. The Morgan fingerprint density at radius 3 is 2.30 bits per heavy atom. The first kappa shape index (κ1) is 16.6. The summed E-state index contributed by atoms with van der Waals surface area (Å²) < 4.78 is 17.7. The molecule has 0 aliphatic carbocycles. The van der Waals surface area contributed by atoms with Crippen LogP contribution in [0.5, 0.6) is 0 Å². The largest absolute Gasteiger partial charge is 0.381 e. The van der Waals surface area contributed by atoms with Gasteiger partial charge >= 0.3 is 0 Å². The van der Waals surface area contributed by atoms with Gasteiger partial charge in [0.05, 0.1) is 6.10 Å². The predicted molar refractivity (Wildman–Crippen MR) is 93.1 cm³/mol. The van der Waals surface area contributed by atoms with Crippen molar-refractivity contribution in [3.05, 3.63) is 0 Å². The molecule has 5 heteroatoms. The Morgan fingerprint density at radius 2 is 1.61 bits per heavy atom. The molecule has 4 heterocycles. The van der Waals surface area contributed by atoms with Gasteiger partial charge in [-0.3, -0.25) is 0 Å². The first-order valence-electron chi connectivity index (χ1n) is 9.45. The summed E-state index contributed by atoms with van der Waals surface area (Å²) in [6.45, 7) is 8.62. The van der Waals surface area contributed by atoms with Crippen LogP contribution in [0.1, 0.15) is 32.1 Å². The smallest absolute Gasteiger partial charge is 0.0680 e. The SMILES string of the molecule is C1CC(CO[C@@H]2CSC3(C2)CN(CC2CCOCC2)C3)CCO1. The minimum absolute atomic E-state index is 0.494. The van der Waals surface area contributed by atoms with Crippen molar-refractivity contribution in [3.63, 3.8) is 0 Å². The number of hydrogen-bond acceptors (Lipinski definition) is 5. The average Bonchev–Trinajstić information content (AvgIpc) is 2.99. The maximum atomic E-state index is 6.25. The third-order valence-electron chi connectivity index (χ3n) is 5.96. The molecule has 0 aromatic heterocycles. The standard InChI is InChI=1S/C18H31NO3S/c1-5-20-6-2-15(1)10-19-13-18(14-19)9-17(12-23-18)22-11-16-3-7-21-8-4-16/h15-17H,1-14H2/t17-/m0/s1. The number of nitrogens with zero attached hydrogens (tertiary/aromatic N) is 1. The van der Waals surface area contributed by atoms with Crippen LogP contribution in [0.15, 0.2) is 0 Å². The number of ether oxygens (including phenoxy) is 3. The van der Waals surface area contributed by atoms with E-state index in [1.807, 2.05) is 0 Å². The second-order valence-electron chi connectivity index (χ2n) is 7.93. The molecular formula is C18H31NO3S. The fourth-order valence-electron chi connectivity index (χ4n) is 4.51. The maximum Gasteiger partial charge on any atom is 0.0680 e. The topological polar surface area (TPSA) is 30.9 Å². The van der Waals surface area contributed by atoms with Crippen molar-refractivity contribution in [2.45, 2.75) is 43.0 Å². The molecule has 4 aliphatic rings. The summed E-state index contributed by atoms with van der Waals surface area (Å²) in [5.41, 5.74) is 0. The van der Waals surface area contributed by atoms with Crippen LogP contribution in [-0.4, -0.2) is 74.2 Å². The molecule has 132 valence electrons. The van der Waals surface area contributed by atoms with Crippen molar-refractivity contribution in [1.82, 2.24) is 4.90 Å². The molecule has 0 radical (unpaired) electrons. The highest BCUT2D eigenvalue weighted by Crippen LogP contribution is 2.46. The van der Waals surface area contributed by atoms with E-state index in [1.165, 1.54) is 57.5 Å². The zero-order valence-electron chi connectivity index (χ0n) is 14.2. The molecule has 4 fully saturated rings. The van der Waals surface area contributed by atoms with Crippen molar-refractivity contribution < 1.29 is 14.2 Å². The summed E-state index contributed by atoms with van der Waals surface area (Å²) in [5, 5.41) is 0. The zero-order chi connectivity index (χ0) is 15.5. The summed E-state index contributed by atoms with van der Waals surface area (Å²) >= 11 is 2.18. The molecule has 1 atom stereocenters. The molecule has 1 spiro atoms. The molecule has 4 rings (SSSR count). The molecular weight excluding hydrogens is 310 g/mol. The van der Waals surface area contributed by atoms with E-state index in [-0.39, 0.29) is 0 Å². The van der Waals surface area contributed by atoms with Gasteiger partial charge in [-0.1, -0.05) is 0 Å². The van der Waals surface area contributed by atoms with Crippen LogP contribution in [0.3, 0.4) is 0 Å². The van der Waals surface area contributed by atoms with Crippen LogP contribution in [0, 0.1) is 11.8 Å². The normalized spacial score (nSPS) is 33.1. The lowest BCUT2D eigenvalue weighted by atomic mass is 9.90. The van der Waals surface area contributed by atoms with Gasteiger partial charge in [0, 0.05) is 63.2 Å². The van der Waals surface area contributed by atoms with E-state index in [4.69, 9.17) is 14.2 Å². The lowest BCUT2D eigenvalue weighted by Gasteiger charge is -2.49. The van der Waals surface area contributed by atoms with Gasteiger partial charge in [-0.05, 0) is 43.9 Å². The van der Waals surface area contributed by atoms with E-state index in [9.17, 15) is 0 Å². The molecule has 0 aromatic rings. The lowest BCUT2D eigenvalue weighted by molar-refractivity contribution is -0.0160.